The van der Waals surface area contributed by atoms with Crippen molar-refractivity contribution in [3.63, 3.8) is 0 Å². The van der Waals surface area contributed by atoms with Gasteiger partial charge in [0.15, 0.2) is 16.6 Å². The molecule has 1 aliphatic heterocycles. The van der Waals surface area contributed by atoms with Crippen molar-refractivity contribution < 1.29 is 14.3 Å². The lowest BCUT2D eigenvalue weighted by Crippen LogP contribution is -2.36. The molecule has 0 fully saturated rings. The summed E-state index contributed by atoms with van der Waals surface area (Å²) in [6, 6.07) is 11.4. The highest BCUT2D eigenvalue weighted by molar-refractivity contribution is 7.22. The van der Waals surface area contributed by atoms with Gasteiger partial charge in [0.2, 0.25) is 6.79 Å². The van der Waals surface area contributed by atoms with Crippen molar-refractivity contribution in [1.82, 2.24) is 9.88 Å². The quantitative estimate of drug-likeness (QED) is 0.675. The van der Waals surface area contributed by atoms with E-state index in [4.69, 9.17) is 14.5 Å². The van der Waals surface area contributed by atoms with Gasteiger partial charge in [0.1, 0.15) is 0 Å². The van der Waals surface area contributed by atoms with Gasteiger partial charge < -0.3 is 14.4 Å². The summed E-state index contributed by atoms with van der Waals surface area (Å²) in [5, 5.41) is 0.708. The summed E-state index contributed by atoms with van der Waals surface area (Å²) >= 11 is 1.54. The lowest BCUT2D eigenvalue weighted by Gasteiger charge is -2.22. The number of rotatable bonds is 5. The number of anilines is 1. The van der Waals surface area contributed by atoms with Crippen LogP contribution in [0.25, 0.3) is 10.2 Å². The van der Waals surface area contributed by atoms with Crippen LogP contribution in [0.2, 0.25) is 0 Å². The first-order chi connectivity index (χ1) is 13.0. The van der Waals surface area contributed by atoms with E-state index in [1.807, 2.05) is 26.2 Å². The molecule has 0 atom stereocenters. The molecule has 4 rings (SSSR count). The Kier molecular flexibility index (Phi) is 4.72. The van der Waals surface area contributed by atoms with Crippen molar-refractivity contribution in [2.75, 3.05) is 38.9 Å². The minimum Gasteiger partial charge on any atom is -0.454 e. The summed E-state index contributed by atoms with van der Waals surface area (Å²) < 4.78 is 11.8. The summed E-state index contributed by atoms with van der Waals surface area (Å²) in [7, 11) is 3.98. The van der Waals surface area contributed by atoms with E-state index in [9.17, 15) is 4.79 Å². The molecule has 140 valence electrons. The second-order valence-corrected chi connectivity index (χ2v) is 7.80. The van der Waals surface area contributed by atoms with Gasteiger partial charge >= 0.3 is 0 Å². The molecule has 0 saturated heterocycles. The average molecular weight is 383 g/mol. The number of aryl methyl sites for hydroxylation is 1. The Labute approximate surface area is 161 Å². The molecule has 27 heavy (non-hydrogen) atoms. The molecule has 3 aromatic rings. The smallest absolute Gasteiger partial charge is 0.260 e. The highest BCUT2D eigenvalue weighted by atomic mass is 32.1. The van der Waals surface area contributed by atoms with E-state index in [2.05, 4.69) is 17.9 Å². The van der Waals surface area contributed by atoms with Gasteiger partial charge in [-0.05, 0) is 56.9 Å². The summed E-state index contributed by atoms with van der Waals surface area (Å²) in [4.78, 5) is 21.8. The van der Waals surface area contributed by atoms with E-state index in [-0.39, 0.29) is 12.7 Å². The van der Waals surface area contributed by atoms with Gasteiger partial charge in [-0.25, -0.2) is 4.98 Å². The second kappa shape index (κ2) is 7.17. The zero-order valence-corrected chi connectivity index (χ0v) is 16.4. The summed E-state index contributed by atoms with van der Waals surface area (Å²) in [5.74, 6) is 1.18. The van der Waals surface area contributed by atoms with Gasteiger partial charge in [-0.1, -0.05) is 17.4 Å². The standard InChI is InChI=1S/C20H21N3O3S/c1-13-4-6-15-18(10-13)27-20(21-15)23(9-8-22(2)3)19(24)14-5-7-16-17(11-14)26-12-25-16/h4-7,10-11H,8-9,12H2,1-3H3. The number of amides is 1. The maximum Gasteiger partial charge on any atom is 0.260 e. The Balaban J connectivity index is 1.69. The fourth-order valence-electron chi connectivity index (χ4n) is 2.90. The molecule has 2 heterocycles. The molecule has 0 saturated carbocycles. The molecule has 0 spiro atoms. The Hall–Kier alpha value is -2.64. The number of aromatic nitrogens is 1. The number of thiazole rings is 1. The number of fused-ring (bicyclic) bond motifs is 2. The molecule has 1 aliphatic rings. The number of hydrogen-bond donors (Lipinski definition) is 0. The Bertz CT molecular complexity index is 999. The number of ether oxygens (including phenoxy) is 2. The molecule has 0 unspecified atom stereocenters. The Morgan fingerprint density at radius 1 is 1.11 bits per heavy atom. The van der Waals surface area contributed by atoms with E-state index in [0.717, 1.165) is 16.8 Å². The molecule has 2 aromatic carbocycles. The Morgan fingerprint density at radius 3 is 2.74 bits per heavy atom. The van der Waals surface area contributed by atoms with Crippen molar-refractivity contribution in [3.8, 4) is 11.5 Å². The molecule has 1 amide bonds. The SMILES string of the molecule is Cc1ccc2nc(N(CCN(C)C)C(=O)c3ccc4c(c3)OCO4)sc2c1. The van der Waals surface area contributed by atoms with Gasteiger partial charge in [-0.3, -0.25) is 9.69 Å². The van der Waals surface area contributed by atoms with Crippen molar-refractivity contribution in [2.24, 2.45) is 0 Å². The molecule has 0 bridgehead atoms. The van der Waals surface area contributed by atoms with Gasteiger partial charge in [-0.2, -0.15) is 0 Å². The van der Waals surface area contributed by atoms with Gasteiger partial charge in [-0.15, -0.1) is 0 Å². The first-order valence-electron chi connectivity index (χ1n) is 8.75. The van der Waals surface area contributed by atoms with E-state index < -0.39 is 0 Å². The van der Waals surface area contributed by atoms with Crippen molar-refractivity contribution in [3.05, 3.63) is 47.5 Å². The van der Waals surface area contributed by atoms with Gasteiger partial charge in [0.25, 0.3) is 5.91 Å². The summed E-state index contributed by atoms with van der Waals surface area (Å²) in [5.41, 5.74) is 2.65. The van der Waals surface area contributed by atoms with Crippen LogP contribution in [0.5, 0.6) is 11.5 Å². The van der Waals surface area contributed by atoms with Crippen molar-refractivity contribution in [1.29, 1.82) is 0 Å². The van der Waals surface area contributed by atoms with Crippen LogP contribution < -0.4 is 14.4 Å². The third-order valence-corrected chi connectivity index (χ3v) is 5.44. The third-order valence-electron chi connectivity index (χ3n) is 4.40. The van der Waals surface area contributed by atoms with E-state index in [0.29, 0.717) is 28.7 Å². The normalized spacial score (nSPS) is 12.7. The number of benzene rings is 2. The fourth-order valence-corrected chi connectivity index (χ4v) is 3.99. The topological polar surface area (TPSA) is 54.9 Å². The zero-order chi connectivity index (χ0) is 19.0. The van der Waals surface area contributed by atoms with Crippen LogP contribution in [0.1, 0.15) is 15.9 Å². The summed E-state index contributed by atoms with van der Waals surface area (Å²) in [6.45, 7) is 3.54. The first-order valence-corrected chi connectivity index (χ1v) is 9.56. The monoisotopic (exact) mass is 383 g/mol. The molecule has 6 nitrogen and oxygen atoms in total. The minimum absolute atomic E-state index is 0.0917. The number of hydrogen-bond acceptors (Lipinski definition) is 6. The molecule has 0 aliphatic carbocycles. The maximum atomic E-state index is 13.3. The van der Waals surface area contributed by atoms with Crippen molar-refractivity contribution >= 4 is 32.6 Å². The second-order valence-electron chi connectivity index (χ2n) is 6.80. The highest BCUT2D eigenvalue weighted by Crippen LogP contribution is 2.34. The molecular formula is C20H21N3O3S. The first kappa shape index (κ1) is 17.8. The van der Waals surface area contributed by atoms with Crippen LogP contribution in [-0.4, -0.2) is 49.8 Å². The van der Waals surface area contributed by atoms with E-state index in [1.165, 1.54) is 16.9 Å². The van der Waals surface area contributed by atoms with Crippen LogP contribution in [0.4, 0.5) is 5.13 Å². The lowest BCUT2D eigenvalue weighted by molar-refractivity contribution is 0.0984. The predicted molar refractivity (Wildman–Crippen MR) is 107 cm³/mol. The number of carbonyl (C=O) groups excluding carboxylic acids is 1. The fraction of sp³-hybridized carbons (Fsp3) is 0.300. The van der Waals surface area contributed by atoms with Gasteiger partial charge in [0, 0.05) is 18.7 Å². The Morgan fingerprint density at radius 2 is 1.93 bits per heavy atom. The zero-order valence-electron chi connectivity index (χ0n) is 15.6. The third kappa shape index (κ3) is 3.61. The highest BCUT2D eigenvalue weighted by Gasteiger charge is 2.24. The molecule has 7 heteroatoms. The average Bonchev–Trinajstić information content (AvgIpc) is 3.26. The van der Waals surface area contributed by atoms with Crippen LogP contribution in [-0.2, 0) is 0 Å². The van der Waals surface area contributed by atoms with Gasteiger partial charge in [0.05, 0.1) is 10.2 Å². The van der Waals surface area contributed by atoms with Crippen LogP contribution in [0.15, 0.2) is 36.4 Å². The van der Waals surface area contributed by atoms with E-state index >= 15 is 0 Å². The largest absolute Gasteiger partial charge is 0.454 e. The van der Waals surface area contributed by atoms with Crippen molar-refractivity contribution in [2.45, 2.75) is 6.92 Å². The predicted octanol–water partition coefficient (Wildman–Crippen LogP) is 3.54. The molecule has 0 radical (unpaired) electrons. The molecular weight excluding hydrogens is 362 g/mol. The molecule has 0 N–H and O–H groups in total. The minimum atomic E-state index is -0.0917. The van der Waals surface area contributed by atoms with Crippen LogP contribution >= 0.6 is 11.3 Å². The van der Waals surface area contributed by atoms with Crippen LogP contribution in [0, 0.1) is 6.92 Å². The number of likely N-dealkylation sites (N-methyl/N-ethyl adjacent to an activating group) is 1. The van der Waals surface area contributed by atoms with Crippen LogP contribution in [0.3, 0.4) is 0 Å². The lowest BCUT2D eigenvalue weighted by atomic mass is 10.2. The maximum absolute atomic E-state index is 13.3. The molecule has 1 aromatic heterocycles. The van der Waals surface area contributed by atoms with E-state index in [1.54, 1.807) is 23.1 Å². The summed E-state index contributed by atoms with van der Waals surface area (Å²) in [6.07, 6.45) is 0. The number of nitrogens with zero attached hydrogens (tertiary/aromatic N) is 3. The number of carbonyl (C=O) groups is 1.